The van der Waals surface area contributed by atoms with Crippen LogP contribution in [0.15, 0.2) is 4.90 Å². The van der Waals surface area contributed by atoms with Gasteiger partial charge in [-0.05, 0) is 13.8 Å². The fraction of sp³-hybridized carbons (Fsp3) is 0.375. The fourth-order valence-electron chi connectivity index (χ4n) is 1.47. The van der Waals surface area contributed by atoms with Crippen molar-refractivity contribution in [3.8, 4) is 0 Å². The molecule has 0 bridgehead atoms. The molecule has 0 radical (unpaired) electrons. The Morgan fingerprint density at radius 1 is 1.39 bits per heavy atom. The van der Waals surface area contributed by atoms with E-state index in [0.717, 1.165) is 11.3 Å². The molecule has 0 aliphatic rings. The Labute approximate surface area is 108 Å². The van der Waals surface area contributed by atoms with E-state index in [1.54, 1.807) is 13.8 Å². The topological polar surface area (TPSA) is 127 Å². The van der Waals surface area contributed by atoms with Crippen LogP contribution in [0.3, 0.4) is 0 Å². The minimum Gasteiger partial charge on any atom is -0.325 e. The van der Waals surface area contributed by atoms with Crippen molar-refractivity contribution in [1.29, 1.82) is 0 Å². The zero-order valence-corrected chi connectivity index (χ0v) is 11.4. The molecule has 0 atom stereocenters. The highest BCUT2D eigenvalue weighted by atomic mass is 32.2. The molecule has 0 unspecified atom stereocenters. The van der Waals surface area contributed by atoms with Gasteiger partial charge in [-0.1, -0.05) is 11.3 Å². The number of H-pyrrole nitrogens is 1. The first-order valence-electron chi connectivity index (χ1n) is 5.01. The van der Waals surface area contributed by atoms with Crippen molar-refractivity contribution < 1.29 is 8.42 Å². The van der Waals surface area contributed by atoms with Crippen LogP contribution in [0.1, 0.15) is 16.4 Å². The summed E-state index contributed by atoms with van der Waals surface area (Å²) in [6.07, 6.45) is 0. The first-order chi connectivity index (χ1) is 8.44. The van der Waals surface area contributed by atoms with Gasteiger partial charge in [0, 0.05) is 6.54 Å². The van der Waals surface area contributed by atoms with Crippen molar-refractivity contribution in [1.82, 2.24) is 20.4 Å². The summed E-state index contributed by atoms with van der Waals surface area (Å²) < 4.78 is 26.7. The van der Waals surface area contributed by atoms with Crippen molar-refractivity contribution in [3.63, 3.8) is 0 Å². The molecular weight excluding hydrogens is 276 g/mol. The van der Waals surface area contributed by atoms with Gasteiger partial charge in [-0.2, -0.15) is 5.10 Å². The lowest BCUT2D eigenvalue weighted by Crippen LogP contribution is -2.16. The molecule has 18 heavy (non-hydrogen) atoms. The van der Waals surface area contributed by atoms with Crippen molar-refractivity contribution >= 4 is 26.5 Å². The summed E-state index contributed by atoms with van der Waals surface area (Å²) >= 11 is 1.16. The average Bonchev–Trinajstić information content (AvgIpc) is 2.84. The summed E-state index contributed by atoms with van der Waals surface area (Å²) in [5, 5.41) is 14.8. The normalized spacial score (nSPS) is 11.7. The van der Waals surface area contributed by atoms with Gasteiger partial charge in [-0.3, -0.25) is 9.82 Å². The van der Waals surface area contributed by atoms with Gasteiger partial charge in [0.1, 0.15) is 9.90 Å². The molecule has 4 N–H and O–H groups in total. The van der Waals surface area contributed by atoms with E-state index in [1.165, 1.54) is 0 Å². The maximum Gasteiger partial charge on any atom is 0.267 e. The molecule has 10 heteroatoms. The molecule has 2 aromatic rings. The largest absolute Gasteiger partial charge is 0.325 e. The van der Waals surface area contributed by atoms with E-state index in [-0.39, 0.29) is 16.6 Å². The van der Waals surface area contributed by atoms with Gasteiger partial charge in [0.15, 0.2) is 0 Å². The highest BCUT2D eigenvalue weighted by Crippen LogP contribution is 2.22. The number of nitrogens with zero attached hydrogens (tertiary/aromatic N) is 3. The van der Waals surface area contributed by atoms with Crippen molar-refractivity contribution in [2.45, 2.75) is 25.3 Å². The van der Waals surface area contributed by atoms with Crippen molar-refractivity contribution in [2.24, 2.45) is 5.73 Å². The average molecular weight is 288 g/mol. The lowest BCUT2D eigenvalue weighted by atomic mass is 10.4. The monoisotopic (exact) mass is 288 g/mol. The highest BCUT2D eigenvalue weighted by Gasteiger charge is 2.24. The van der Waals surface area contributed by atoms with Crippen LogP contribution < -0.4 is 10.5 Å². The maximum atomic E-state index is 12.2. The van der Waals surface area contributed by atoms with Gasteiger partial charge in [0.05, 0.1) is 11.4 Å². The second-order valence-electron chi connectivity index (χ2n) is 3.56. The van der Waals surface area contributed by atoms with Gasteiger partial charge < -0.3 is 5.73 Å². The minimum atomic E-state index is -3.75. The van der Waals surface area contributed by atoms with E-state index < -0.39 is 10.0 Å². The molecule has 0 saturated carbocycles. The highest BCUT2D eigenvalue weighted by molar-refractivity contribution is 7.93. The summed E-state index contributed by atoms with van der Waals surface area (Å²) in [7, 11) is -3.75. The molecule has 2 aromatic heterocycles. The molecule has 2 heterocycles. The Kier molecular flexibility index (Phi) is 3.32. The molecular formula is C8H12N6O2S2. The lowest BCUT2D eigenvalue weighted by molar-refractivity contribution is 0.599. The zero-order chi connectivity index (χ0) is 13.3. The van der Waals surface area contributed by atoms with Crippen LogP contribution in [0.25, 0.3) is 0 Å². The number of rotatable bonds is 4. The summed E-state index contributed by atoms with van der Waals surface area (Å²) in [6, 6.07) is 0. The van der Waals surface area contributed by atoms with E-state index in [4.69, 9.17) is 5.73 Å². The summed E-state index contributed by atoms with van der Waals surface area (Å²) in [5.41, 5.74) is 6.19. The van der Waals surface area contributed by atoms with E-state index in [0.29, 0.717) is 16.4 Å². The molecule has 2 rings (SSSR count). The fourth-order valence-corrected chi connectivity index (χ4v) is 3.67. The Morgan fingerprint density at radius 3 is 2.67 bits per heavy atom. The molecule has 0 amide bonds. The number of aromatic nitrogens is 4. The molecule has 8 nitrogen and oxygen atoms in total. The third-order valence-corrected chi connectivity index (χ3v) is 4.60. The number of aromatic amines is 1. The Balaban J connectivity index is 2.39. The van der Waals surface area contributed by atoms with Crippen LogP contribution in [-0.2, 0) is 16.6 Å². The Hall–Kier alpha value is -1.52. The van der Waals surface area contributed by atoms with Crippen LogP contribution >= 0.6 is 11.3 Å². The maximum absolute atomic E-state index is 12.2. The van der Waals surface area contributed by atoms with Crippen LogP contribution in [0.4, 0.5) is 5.13 Å². The second kappa shape index (κ2) is 4.63. The predicted octanol–water partition coefficient (Wildman–Crippen LogP) is 0.138. The van der Waals surface area contributed by atoms with Crippen molar-refractivity contribution in [2.75, 3.05) is 4.72 Å². The molecule has 98 valence electrons. The summed E-state index contributed by atoms with van der Waals surface area (Å²) in [6.45, 7) is 3.39. The molecule has 0 aliphatic heterocycles. The Morgan fingerprint density at radius 2 is 2.11 bits per heavy atom. The van der Waals surface area contributed by atoms with Crippen LogP contribution in [-0.4, -0.2) is 28.8 Å². The molecule has 0 fully saturated rings. The van der Waals surface area contributed by atoms with Gasteiger partial charge in [0.25, 0.3) is 10.0 Å². The number of anilines is 1. The smallest absolute Gasteiger partial charge is 0.267 e. The second-order valence-corrected chi connectivity index (χ2v) is 6.36. The van der Waals surface area contributed by atoms with Crippen LogP contribution in [0, 0.1) is 13.8 Å². The van der Waals surface area contributed by atoms with E-state index in [2.05, 4.69) is 25.1 Å². The molecule has 0 spiro atoms. The first kappa shape index (κ1) is 12.9. The predicted molar refractivity (Wildman–Crippen MR) is 66.7 cm³/mol. The third kappa shape index (κ3) is 2.35. The van der Waals surface area contributed by atoms with E-state index in [9.17, 15) is 8.42 Å². The quantitative estimate of drug-likeness (QED) is 0.734. The third-order valence-electron chi connectivity index (χ3n) is 2.17. The number of nitrogens with one attached hydrogen (secondary N) is 2. The van der Waals surface area contributed by atoms with Gasteiger partial charge in [-0.25, -0.2) is 8.42 Å². The Bertz CT molecular complexity index is 659. The van der Waals surface area contributed by atoms with Gasteiger partial charge in [0.2, 0.25) is 5.13 Å². The number of nitrogens with two attached hydrogens (primary N) is 1. The van der Waals surface area contributed by atoms with E-state index >= 15 is 0 Å². The zero-order valence-electron chi connectivity index (χ0n) is 9.76. The van der Waals surface area contributed by atoms with Crippen LogP contribution in [0.2, 0.25) is 0 Å². The first-order valence-corrected chi connectivity index (χ1v) is 7.31. The summed E-state index contributed by atoms with van der Waals surface area (Å²) in [4.78, 5) is 0.0675. The van der Waals surface area contributed by atoms with E-state index in [1.807, 2.05) is 0 Å². The summed E-state index contributed by atoms with van der Waals surface area (Å²) in [5.74, 6) is 0. The van der Waals surface area contributed by atoms with Gasteiger partial charge >= 0.3 is 0 Å². The molecule has 0 aromatic carbocycles. The lowest BCUT2D eigenvalue weighted by Gasteiger charge is -2.04. The molecule has 0 aliphatic carbocycles. The number of hydrogen-bond acceptors (Lipinski definition) is 7. The minimum absolute atomic E-state index is 0.0374. The number of sulfonamides is 1. The standard InChI is InChI=1S/C8H12N6O2S2/c1-4-7(6(3-9)12-10-4)18(15,16)14-8-13-11-5(2)17-8/h3,9H2,1-2H3,(H,10,12)(H,13,14). The van der Waals surface area contributed by atoms with Crippen molar-refractivity contribution in [3.05, 3.63) is 16.4 Å². The molecule has 0 saturated heterocycles. The van der Waals surface area contributed by atoms with Gasteiger partial charge in [-0.15, -0.1) is 10.2 Å². The van der Waals surface area contributed by atoms with Crippen LogP contribution in [0.5, 0.6) is 0 Å². The SMILES string of the molecule is Cc1nnc(NS(=O)(=O)c2c(CN)n[nH]c2C)s1. The number of aryl methyl sites for hydroxylation is 2. The number of hydrogen-bond donors (Lipinski definition) is 3.